The minimum atomic E-state index is -0.644. The molecule has 3 N–H and O–H groups in total. The summed E-state index contributed by atoms with van der Waals surface area (Å²) in [6.45, 7) is 8.47. The van der Waals surface area contributed by atoms with Gasteiger partial charge in [-0.25, -0.2) is 0 Å². The second-order valence-corrected chi connectivity index (χ2v) is 12.0. The third-order valence-electron chi connectivity index (χ3n) is 6.84. The van der Waals surface area contributed by atoms with Crippen LogP contribution in [0, 0.1) is 11.8 Å². The number of nitrogens with zero attached hydrogens (tertiary/aromatic N) is 1. The van der Waals surface area contributed by atoms with E-state index in [9.17, 15) is 19.5 Å². The number of carbonyl (C=O) groups excluding carboxylic acids is 3. The zero-order valence-electron chi connectivity index (χ0n) is 20.3. The van der Waals surface area contributed by atoms with Crippen molar-refractivity contribution in [3.05, 3.63) is 24.3 Å². The van der Waals surface area contributed by atoms with Gasteiger partial charge in [0.05, 0.1) is 23.2 Å². The van der Waals surface area contributed by atoms with Crippen LogP contribution in [0.3, 0.4) is 0 Å². The molecule has 2 unspecified atom stereocenters. The molecule has 0 saturated carbocycles. The molecule has 0 aromatic heterocycles. The Morgan fingerprint density at radius 2 is 1.94 bits per heavy atom. The number of ether oxygens (including phenoxy) is 1. The number of likely N-dealkylation sites (tertiary alicyclic amines) is 1. The lowest BCUT2D eigenvalue weighted by Crippen LogP contribution is -2.57. The number of aliphatic hydroxyl groups excluding tert-OH is 1. The summed E-state index contributed by atoms with van der Waals surface area (Å²) < 4.78 is 4.85. The zero-order chi connectivity index (χ0) is 24.7. The molecule has 8 nitrogen and oxygen atoms in total. The lowest BCUT2D eigenvalue weighted by molar-refractivity contribution is -0.139. The van der Waals surface area contributed by atoms with Crippen molar-refractivity contribution in [2.45, 2.75) is 68.5 Å². The maximum atomic E-state index is 13.7. The van der Waals surface area contributed by atoms with E-state index in [0.717, 1.165) is 18.6 Å². The van der Waals surface area contributed by atoms with Crippen molar-refractivity contribution in [3.8, 4) is 5.75 Å². The molecule has 0 radical (unpaired) electrons. The molecule has 1 spiro atoms. The first-order chi connectivity index (χ1) is 16.1. The number of fused-ring (bicyclic) bond motifs is 1. The van der Waals surface area contributed by atoms with Gasteiger partial charge in [0, 0.05) is 29.6 Å². The van der Waals surface area contributed by atoms with Gasteiger partial charge in [-0.1, -0.05) is 0 Å². The van der Waals surface area contributed by atoms with E-state index in [-0.39, 0.29) is 29.6 Å². The third kappa shape index (κ3) is 4.40. The highest BCUT2D eigenvalue weighted by Crippen LogP contribution is 2.66. The first-order valence-corrected chi connectivity index (χ1v) is 12.9. The van der Waals surface area contributed by atoms with Crippen molar-refractivity contribution in [2.75, 3.05) is 25.1 Å². The molecule has 1 aromatic carbocycles. The minimum Gasteiger partial charge on any atom is -0.494 e. The first kappa shape index (κ1) is 24.9. The minimum absolute atomic E-state index is 0.00146. The number of nitrogens with one attached hydrogen (secondary N) is 2. The summed E-state index contributed by atoms with van der Waals surface area (Å²) in [5, 5.41) is 15.4. The van der Waals surface area contributed by atoms with Gasteiger partial charge in [0.2, 0.25) is 17.7 Å². The molecule has 4 rings (SSSR count). The summed E-state index contributed by atoms with van der Waals surface area (Å²) in [5.74, 6) is -0.824. The topological polar surface area (TPSA) is 108 Å². The molecule has 3 heterocycles. The maximum Gasteiger partial charge on any atom is 0.244 e. The molecule has 34 heavy (non-hydrogen) atoms. The normalized spacial score (nSPS) is 29.8. The van der Waals surface area contributed by atoms with Gasteiger partial charge in [0.1, 0.15) is 11.8 Å². The van der Waals surface area contributed by atoms with Crippen LogP contribution < -0.4 is 15.4 Å². The summed E-state index contributed by atoms with van der Waals surface area (Å²) in [5.41, 5.74) is 0.211. The fourth-order valence-corrected chi connectivity index (χ4v) is 7.92. The van der Waals surface area contributed by atoms with Crippen LogP contribution >= 0.6 is 11.8 Å². The van der Waals surface area contributed by atoms with Gasteiger partial charge in [-0.2, -0.15) is 0 Å². The quantitative estimate of drug-likeness (QED) is 0.518. The number of hydrogen-bond donors (Lipinski definition) is 3. The van der Waals surface area contributed by atoms with Crippen molar-refractivity contribution < 1.29 is 24.2 Å². The molecule has 2 bridgehead atoms. The lowest BCUT2D eigenvalue weighted by Gasteiger charge is -2.36. The summed E-state index contributed by atoms with van der Waals surface area (Å²) in [6, 6.07) is 6.56. The average Bonchev–Trinajstić information content (AvgIpc) is 3.40. The zero-order valence-corrected chi connectivity index (χ0v) is 21.1. The van der Waals surface area contributed by atoms with E-state index in [4.69, 9.17) is 4.74 Å². The number of anilines is 1. The van der Waals surface area contributed by atoms with Crippen LogP contribution in [-0.4, -0.2) is 69.1 Å². The Hall–Kier alpha value is -2.26. The summed E-state index contributed by atoms with van der Waals surface area (Å²) in [4.78, 5) is 42.2. The number of rotatable bonds is 8. The van der Waals surface area contributed by atoms with E-state index in [1.165, 1.54) is 0 Å². The van der Waals surface area contributed by atoms with E-state index in [0.29, 0.717) is 25.3 Å². The Kier molecular flexibility index (Phi) is 6.88. The standard InChI is InChI=1S/C25H35N3O5S/c1-5-33-16-9-7-15(8-10-16)26-21(30)18-17-11-12-25(34-17)19(18)23(32)28(13-6-14-29)20(25)22(31)27-24(2,3)4/h7-10,17-20,29H,5-6,11-14H2,1-4H3,(H,26,30)(H,27,31)/t17-,18+,19+,20?,25?/m1/s1. The highest BCUT2D eigenvalue weighted by Gasteiger charge is 2.73. The summed E-state index contributed by atoms with van der Waals surface area (Å²) >= 11 is 1.64. The highest BCUT2D eigenvalue weighted by atomic mass is 32.2. The van der Waals surface area contributed by atoms with Gasteiger partial charge in [0.15, 0.2) is 0 Å². The van der Waals surface area contributed by atoms with Crippen molar-refractivity contribution in [2.24, 2.45) is 11.8 Å². The number of thioether (sulfide) groups is 1. The predicted molar refractivity (Wildman–Crippen MR) is 132 cm³/mol. The average molecular weight is 490 g/mol. The molecule has 3 amide bonds. The Morgan fingerprint density at radius 3 is 2.56 bits per heavy atom. The van der Waals surface area contributed by atoms with Crippen molar-refractivity contribution in [1.82, 2.24) is 10.2 Å². The predicted octanol–water partition coefficient (Wildman–Crippen LogP) is 2.41. The van der Waals surface area contributed by atoms with E-state index < -0.39 is 28.2 Å². The van der Waals surface area contributed by atoms with Crippen LogP contribution in [0.15, 0.2) is 24.3 Å². The third-order valence-corrected chi connectivity index (χ3v) is 8.79. The number of benzene rings is 1. The Balaban J connectivity index is 1.60. The van der Waals surface area contributed by atoms with Crippen LogP contribution in [0.2, 0.25) is 0 Å². The Bertz CT molecular complexity index is 947. The Labute approximate surface area is 205 Å². The maximum absolute atomic E-state index is 13.7. The lowest BCUT2D eigenvalue weighted by atomic mass is 9.70. The molecule has 9 heteroatoms. The van der Waals surface area contributed by atoms with Gasteiger partial charge in [-0.05, 0) is 71.2 Å². The summed E-state index contributed by atoms with van der Waals surface area (Å²) in [6.07, 6.45) is 1.91. The fourth-order valence-electron chi connectivity index (χ4n) is 5.70. The number of aliphatic hydroxyl groups is 1. The van der Waals surface area contributed by atoms with Crippen molar-refractivity contribution >= 4 is 35.2 Å². The molecular weight excluding hydrogens is 454 g/mol. The molecule has 1 aromatic rings. The van der Waals surface area contributed by atoms with Gasteiger partial charge >= 0.3 is 0 Å². The fraction of sp³-hybridized carbons (Fsp3) is 0.640. The molecule has 0 aliphatic carbocycles. The van der Waals surface area contributed by atoms with Gasteiger partial charge in [-0.15, -0.1) is 11.8 Å². The molecule has 3 aliphatic heterocycles. The molecule has 186 valence electrons. The van der Waals surface area contributed by atoms with Crippen LogP contribution in [0.4, 0.5) is 5.69 Å². The number of hydrogen-bond acceptors (Lipinski definition) is 6. The highest BCUT2D eigenvalue weighted by molar-refractivity contribution is 8.02. The summed E-state index contributed by atoms with van der Waals surface area (Å²) in [7, 11) is 0. The van der Waals surface area contributed by atoms with Crippen LogP contribution in [-0.2, 0) is 14.4 Å². The second kappa shape index (κ2) is 9.41. The molecular formula is C25H35N3O5S. The van der Waals surface area contributed by atoms with Gasteiger partial charge < -0.3 is 25.4 Å². The first-order valence-electron chi connectivity index (χ1n) is 12.1. The second-order valence-electron chi connectivity index (χ2n) is 10.4. The SMILES string of the molecule is CCOc1ccc(NC(=O)[C@@H]2[C@H]3C(=O)N(CCCO)C(C(=O)NC(C)(C)C)C34CC[C@H]2S4)cc1. The van der Waals surface area contributed by atoms with E-state index in [1.807, 2.05) is 27.7 Å². The Morgan fingerprint density at radius 1 is 1.24 bits per heavy atom. The molecule has 3 fully saturated rings. The van der Waals surface area contributed by atoms with E-state index in [1.54, 1.807) is 40.9 Å². The molecule has 3 saturated heterocycles. The van der Waals surface area contributed by atoms with E-state index in [2.05, 4.69) is 10.6 Å². The van der Waals surface area contributed by atoms with Gasteiger partial charge in [0.25, 0.3) is 0 Å². The van der Waals surface area contributed by atoms with Crippen molar-refractivity contribution in [3.63, 3.8) is 0 Å². The molecule has 3 aliphatic rings. The van der Waals surface area contributed by atoms with Crippen molar-refractivity contribution in [1.29, 1.82) is 0 Å². The smallest absolute Gasteiger partial charge is 0.244 e. The molecule has 5 atom stereocenters. The number of amides is 3. The monoisotopic (exact) mass is 489 g/mol. The van der Waals surface area contributed by atoms with Crippen LogP contribution in [0.5, 0.6) is 5.75 Å². The van der Waals surface area contributed by atoms with Crippen LogP contribution in [0.25, 0.3) is 0 Å². The van der Waals surface area contributed by atoms with E-state index >= 15 is 0 Å². The largest absolute Gasteiger partial charge is 0.494 e. The van der Waals surface area contributed by atoms with Gasteiger partial charge in [-0.3, -0.25) is 14.4 Å². The van der Waals surface area contributed by atoms with Crippen LogP contribution in [0.1, 0.15) is 47.0 Å². The number of carbonyl (C=O) groups is 3.